The van der Waals surface area contributed by atoms with Gasteiger partial charge in [0.25, 0.3) is 0 Å². The van der Waals surface area contributed by atoms with Gasteiger partial charge in [-0.3, -0.25) is 4.90 Å². The third-order valence-corrected chi connectivity index (χ3v) is 2.84. The molecule has 0 amide bonds. The molecule has 1 saturated heterocycles. The van der Waals surface area contributed by atoms with Crippen LogP contribution in [0.15, 0.2) is 0 Å². The van der Waals surface area contributed by atoms with Crippen LogP contribution in [-0.2, 0) is 4.74 Å². The van der Waals surface area contributed by atoms with Crippen LogP contribution in [0.1, 0.15) is 20.3 Å². The largest absolute Gasteiger partial charge is 0.394 e. The maximum absolute atomic E-state index is 9.40. The van der Waals surface area contributed by atoms with Gasteiger partial charge < -0.3 is 15.2 Å². The van der Waals surface area contributed by atoms with Crippen molar-refractivity contribution < 1.29 is 9.84 Å². The van der Waals surface area contributed by atoms with Gasteiger partial charge in [0.1, 0.15) is 0 Å². The molecule has 0 aromatic heterocycles. The number of rotatable bonds is 5. The molecule has 0 aliphatic carbocycles. The van der Waals surface area contributed by atoms with Gasteiger partial charge in [-0.05, 0) is 19.9 Å². The lowest BCUT2D eigenvalue weighted by Crippen LogP contribution is -2.54. The van der Waals surface area contributed by atoms with Crippen LogP contribution >= 0.6 is 0 Å². The van der Waals surface area contributed by atoms with Gasteiger partial charge in [-0.2, -0.15) is 0 Å². The minimum absolute atomic E-state index is 0.179. The Hall–Kier alpha value is -0.160. The number of nitrogens with one attached hydrogen (secondary N) is 1. The van der Waals surface area contributed by atoms with Crippen molar-refractivity contribution in [2.75, 3.05) is 46.0 Å². The third-order valence-electron chi connectivity index (χ3n) is 2.84. The lowest BCUT2D eigenvalue weighted by molar-refractivity contribution is 0.110. The molecule has 15 heavy (non-hydrogen) atoms. The Morgan fingerprint density at radius 1 is 1.40 bits per heavy atom. The minimum atomic E-state index is -0.181. The zero-order valence-corrected chi connectivity index (χ0v) is 9.96. The zero-order chi connectivity index (χ0) is 11.1. The van der Waals surface area contributed by atoms with E-state index in [1.807, 2.05) is 0 Å². The van der Waals surface area contributed by atoms with Crippen molar-refractivity contribution in [2.45, 2.75) is 25.8 Å². The van der Waals surface area contributed by atoms with Crippen LogP contribution in [0.5, 0.6) is 0 Å². The highest BCUT2D eigenvalue weighted by Gasteiger charge is 2.25. The highest BCUT2D eigenvalue weighted by Crippen LogP contribution is 2.08. The van der Waals surface area contributed by atoms with Gasteiger partial charge in [-0.1, -0.05) is 6.92 Å². The molecule has 1 aliphatic heterocycles. The number of aliphatic hydroxyl groups is 1. The van der Waals surface area contributed by atoms with Crippen LogP contribution in [0.2, 0.25) is 0 Å². The van der Waals surface area contributed by atoms with Crippen molar-refractivity contribution in [3.05, 3.63) is 0 Å². The fourth-order valence-corrected chi connectivity index (χ4v) is 2.04. The van der Waals surface area contributed by atoms with E-state index in [0.717, 1.165) is 45.8 Å². The van der Waals surface area contributed by atoms with E-state index in [4.69, 9.17) is 4.74 Å². The number of ether oxygens (including phenoxy) is 1. The molecule has 1 heterocycles. The van der Waals surface area contributed by atoms with E-state index in [1.54, 1.807) is 0 Å². The molecule has 1 fully saturated rings. The molecule has 0 radical (unpaired) electrons. The lowest BCUT2D eigenvalue weighted by atomic mass is 10.0. The normalized spacial score (nSPS) is 23.4. The second kappa shape index (κ2) is 6.43. The topological polar surface area (TPSA) is 44.7 Å². The molecule has 0 aromatic carbocycles. The summed E-state index contributed by atoms with van der Waals surface area (Å²) < 4.78 is 5.41. The van der Waals surface area contributed by atoms with Crippen LogP contribution < -0.4 is 5.32 Å². The number of likely N-dealkylation sites (N-methyl/N-ethyl adjacent to an activating group) is 1. The van der Waals surface area contributed by atoms with E-state index < -0.39 is 0 Å². The Morgan fingerprint density at radius 2 is 2.20 bits per heavy atom. The van der Waals surface area contributed by atoms with Crippen molar-refractivity contribution in [3.63, 3.8) is 0 Å². The van der Waals surface area contributed by atoms with E-state index in [1.165, 1.54) is 0 Å². The average Bonchev–Trinajstić information content (AvgIpc) is 2.47. The maximum Gasteiger partial charge on any atom is 0.0623 e. The summed E-state index contributed by atoms with van der Waals surface area (Å²) in [6.45, 7) is 9.82. The van der Waals surface area contributed by atoms with Crippen LogP contribution in [0.4, 0.5) is 0 Å². The van der Waals surface area contributed by atoms with E-state index in [2.05, 4.69) is 24.1 Å². The van der Waals surface area contributed by atoms with E-state index in [0.29, 0.717) is 0 Å². The smallest absolute Gasteiger partial charge is 0.0623 e. The summed E-state index contributed by atoms with van der Waals surface area (Å²) in [5.74, 6) is 0. The molecule has 1 aliphatic rings. The van der Waals surface area contributed by atoms with Crippen LogP contribution in [0.3, 0.4) is 0 Å². The van der Waals surface area contributed by atoms with Crippen LogP contribution in [0.25, 0.3) is 0 Å². The van der Waals surface area contributed by atoms with E-state index in [-0.39, 0.29) is 12.1 Å². The summed E-state index contributed by atoms with van der Waals surface area (Å²) in [7, 11) is 0. The second-order valence-corrected chi connectivity index (χ2v) is 4.49. The Morgan fingerprint density at radius 3 is 2.87 bits per heavy atom. The van der Waals surface area contributed by atoms with Crippen molar-refractivity contribution in [1.29, 1.82) is 0 Å². The molecule has 1 rings (SSSR count). The standard InChI is InChI=1S/C11H24N2O2/c1-3-12-11(2,10-14)9-13-5-4-7-15-8-6-13/h12,14H,3-10H2,1-2H3. The summed E-state index contributed by atoms with van der Waals surface area (Å²) in [6, 6.07) is 0. The predicted octanol–water partition coefficient (Wildman–Crippen LogP) is 0.0692. The van der Waals surface area contributed by atoms with Gasteiger partial charge in [-0.15, -0.1) is 0 Å². The summed E-state index contributed by atoms with van der Waals surface area (Å²) in [6.07, 6.45) is 1.09. The first-order valence-electron chi connectivity index (χ1n) is 5.86. The van der Waals surface area contributed by atoms with Crippen LogP contribution in [0, 0.1) is 0 Å². The molecule has 4 nitrogen and oxygen atoms in total. The average molecular weight is 216 g/mol. The van der Waals surface area contributed by atoms with Gasteiger partial charge in [-0.25, -0.2) is 0 Å². The summed E-state index contributed by atoms with van der Waals surface area (Å²) >= 11 is 0. The fourth-order valence-electron chi connectivity index (χ4n) is 2.04. The minimum Gasteiger partial charge on any atom is -0.394 e. The van der Waals surface area contributed by atoms with Crippen molar-refractivity contribution in [1.82, 2.24) is 10.2 Å². The number of aliphatic hydroxyl groups excluding tert-OH is 1. The van der Waals surface area contributed by atoms with Gasteiger partial charge >= 0.3 is 0 Å². The van der Waals surface area contributed by atoms with Gasteiger partial charge in [0.2, 0.25) is 0 Å². The molecular weight excluding hydrogens is 192 g/mol. The van der Waals surface area contributed by atoms with Crippen molar-refractivity contribution in [3.8, 4) is 0 Å². The summed E-state index contributed by atoms with van der Waals surface area (Å²) in [4.78, 5) is 2.37. The number of hydrogen-bond donors (Lipinski definition) is 2. The Bertz CT molecular complexity index is 170. The highest BCUT2D eigenvalue weighted by molar-refractivity contribution is 4.86. The lowest BCUT2D eigenvalue weighted by Gasteiger charge is -2.34. The SMILES string of the molecule is CCNC(C)(CO)CN1CCCOCC1. The molecule has 0 bridgehead atoms. The van der Waals surface area contributed by atoms with E-state index in [9.17, 15) is 5.11 Å². The van der Waals surface area contributed by atoms with Gasteiger partial charge in [0.05, 0.1) is 18.8 Å². The van der Waals surface area contributed by atoms with E-state index >= 15 is 0 Å². The molecule has 90 valence electrons. The molecule has 2 N–H and O–H groups in total. The zero-order valence-electron chi connectivity index (χ0n) is 9.96. The molecule has 0 aromatic rings. The Balaban J connectivity index is 2.41. The predicted molar refractivity (Wildman–Crippen MR) is 61.0 cm³/mol. The fraction of sp³-hybridized carbons (Fsp3) is 1.00. The first kappa shape index (κ1) is 12.9. The third kappa shape index (κ3) is 4.47. The molecular formula is C11H24N2O2. The Kier molecular flexibility index (Phi) is 5.53. The second-order valence-electron chi connectivity index (χ2n) is 4.49. The van der Waals surface area contributed by atoms with Crippen molar-refractivity contribution >= 4 is 0 Å². The Labute approximate surface area is 92.6 Å². The maximum atomic E-state index is 9.40. The van der Waals surface area contributed by atoms with Gasteiger partial charge in [0, 0.05) is 26.2 Å². The monoisotopic (exact) mass is 216 g/mol. The summed E-state index contributed by atoms with van der Waals surface area (Å²) in [5, 5.41) is 12.7. The van der Waals surface area contributed by atoms with Crippen molar-refractivity contribution in [2.24, 2.45) is 0 Å². The molecule has 0 saturated carbocycles. The molecule has 1 atom stereocenters. The number of nitrogens with zero attached hydrogens (tertiary/aromatic N) is 1. The summed E-state index contributed by atoms with van der Waals surface area (Å²) in [5.41, 5.74) is -0.181. The first-order chi connectivity index (χ1) is 7.20. The molecule has 0 spiro atoms. The van der Waals surface area contributed by atoms with Crippen LogP contribution in [-0.4, -0.2) is 61.5 Å². The highest BCUT2D eigenvalue weighted by atomic mass is 16.5. The quantitative estimate of drug-likeness (QED) is 0.682. The first-order valence-corrected chi connectivity index (χ1v) is 5.86. The van der Waals surface area contributed by atoms with Gasteiger partial charge in [0.15, 0.2) is 0 Å². The number of hydrogen-bond acceptors (Lipinski definition) is 4. The molecule has 4 heteroatoms. The molecule has 1 unspecified atom stereocenters.